The Morgan fingerprint density at radius 1 is 0.864 bits per heavy atom. The number of hydrogen-bond donors (Lipinski definition) is 4. The zero-order valence-electron chi connectivity index (χ0n) is 12.7. The number of nitrogens with zero attached hydrogens (tertiary/aromatic N) is 1. The van der Waals surface area contributed by atoms with Gasteiger partial charge in [0.1, 0.15) is 0 Å². The van der Waals surface area contributed by atoms with Gasteiger partial charge in [0.25, 0.3) is 0 Å². The normalized spacial score (nSPS) is 9.09. The second-order valence-corrected chi connectivity index (χ2v) is 3.81. The van der Waals surface area contributed by atoms with E-state index in [0.29, 0.717) is 0 Å². The van der Waals surface area contributed by atoms with Gasteiger partial charge in [-0.05, 0) is 0 Å². The van der Waals surface area contributed by atoms with Crippen LogP contribution in [0.3, 0.4) is 0 Å². The number of carboxylic acids is 3. The maximum atomic E-state index is 11.3. The van der Waals surface area contributed by atoms with Crippen molar-refractivity contribution in [1.82, 2.24) is 6.15 Å². The van der Waals surface area contributed by atoms with Crippen LogP contribution in [0.2, 0.25) is 0 Å². The summed E-state index contributed by atoms with van der Waals surface area (Å²) in [6, 6.07) is 0. The smallest absolute Gasteiger partial charge is 0.477 e. The summed E-state index contributed by atoms with van der Waals surface area (Å²) < 4.78 is 3.39. The van der Waals surface area contributed by atoms with Gasteiger partial charge in [0.15, 0.2) is 26.2 Å². The summed E-state index contributed by atoms with van der Waals surface area (Å²) >= 11 is 0. The average molecular weight is 339 g/mol. The molecule has 0 aliphatic carbocycles. The fourth-order valence-corrected chi connectivity index (χ4v) is 1.60. The van der Waals surface area contributed by atoms with Crippen molar-refractivity contribution in [2.45, 2.75) is 0 Å². The van der Waals surface area contributed by atoms with Gasteiger partial charge >= 0.3 is 83.0 Å². The Balaban J connectivity index is -0.000000540. The molecule has 22 heavy (non-hydrogen) atoms. The van der Waals surface area contributed by atoms with Gasteiger partial charge in [0.2, 0.25) is 0 Å². The van der Waals surface area contributed by atoms with E-state index in [4.69, 9.17) is 15.3 Å². The van der Waals surface area contributed by atoms with E-state index in [1.54, 1.807) is 0 Å². The summed E-state index contributed by atoms with van der Waals surface area (Å²) in [7, 11) is 0. The maximum absolute atomic E-state index is 11.3. The van der Waals surface area contributed by atoms with Crippen molar-refractivity contribution in [3.05, 3.63) is 12.8 Å². The minimum absolute atomic E-state index is 0. The topological polar surface area (TPSA) is 173 Å². The van der Waals surface area contributed by atoms with Gasteiger partial charge in [-0.25, -0.2) is 19.2 Å². The molecular weight excluding hydrogens is 322 g/mol. The number of ether oxygens (including phenoxy) is 1. The van der Waals surface area contributed by atoms with Crippen molar-refractivity contribution in [1.29, 1.82) is 0 Å². The molecule has 0 saturated carbocycles. The monoisotopic (exact) mass is 339 g/mol. The number of esters is 1. The number of carbonyl (C=O) groups excluding carboxylic acids is 1. The second kappa shape index (κ2) is 14.2. The maximum Gasteiger partial charge on any atom is 1.00 e. The fraction of sp³-hybridized carbons (Fsp3) is 0.400. The molecule has 12 heteroatoms. The number of carbonyl (C=O) groups is 4. The average Bonchev–Trinajstić information content (AvgIpc) is 2.12. The van der Waals surface area contributed by atoms with Crippen LogP contribution in [0, 0.1) is 0 Å². The molecule has 0 bridgehead atoms. The van der Waals surface area contributed by atoms with Gasteiger partial charge < -0.3 is 26.2 Å². The Hall–Kier alpha value is -0.460. The van der Waals surface area contributed by atoms with Crippen LogP contribution >= 0.6 is 0 Å². The summed E-state index contributed by atoms with van der Waals surface area (Å²) in [5.41, 5.74) is 0. The van der Waals surface area contributed by atoms with Crippen LogP contribution in [-0.4, -0.2) is 69.9 Å². The van der Waals surface area contributed by atoms with Gasteiger partial charge in [-0.1, -0.05) is 6.58 Å². The summed E-state index contributed by atoms with van der Waals surface area (Å²) in [6.07, 6.45) is 0.791. The predicted octanol–water partition coefficient (Wildman–Crippen LogP) is -7.09. The Kier molecular flexibility index (Phi) is 19.0. The minimum Gasteiger partial charge on any atom is -0.477 e. The molecule has 0 atom stereocenters. The SMILES string of the molecule is C=COC(=O)C[N+](CC(=O)O)(CC(=O)O)CC(=O)O.N.[Na+].[Na+]. The molecule has 0 aliphatic heterocycles. The molecule has 6 N–H and O–H groups in total. The second-order valence-electron chi connectivity index (χ2n) is 3.81. The predicted molar refractivity (Wildman–Crippen MR) is 63.9 cm³/mol. The standard InChI is InChI=1S/C10H13NO8.H3N.2Na/c1-2-19-10(18)6-11(3-7(12)13,4-8(14)15)5-9(16)17;;;/h2H,1,3-6H2,(H2-,12,13,14,15,16,17);1H3;;/q;;2*+1/p+1. The van der Waals surface area contributed by atoms with Crippen molar-refractivity contribution in [3.63, 3.8) is 0 Å². The molecule has 0 rings (SSSR count). The van der Waals surface area contributed by atoms with Crippen LogP contribution in [-0.2, 0) is 23.9 Å². The fourth-order valence-electron chi connectivity index (χ4n) is 1.60. The van der Waals surface area contributed by atoms with Crippen molar-refractivity contribution in [2.24, 2.45) is 0 Å². The zero-order valence-corrected chi connectivity index (χ0v) is 16.7. The van der Waals surface area contributed by atoms with Gasteiger partial charge in [-0.15, -0.1) is 0 Å². The third kappa shape index (κ3) is 13.2. The van der Waals surface area contributed by atoms with Crippen LogP contribution in [0.1, 0.15) is 0 Å². The molecule has 0 unspecified atom stereocenters. The van der Waals surface area contributed by atoms with Crippen molar-refractivity contribution in [3.8, 4) is 0 Å². The van der Waals surface area contributed by atoms with E-state index in [1.165, 1.54) is 0 Å². The van der Waals surface area contributed by atoms with Crippen molar-refractivity contribution in [2.75, 3.05) is 26.2 Å². The number of hydrogen-bond acceptors (Lipinski definition) is 6. The molecular formula is C10H17N2Na2O8+3. The van der Waals surface area contributed by atoms with Crippen molar-refractivity contribution < 1.29 is 103 Å². The quantitative estimate of drug-likeness (QED) is 0.138. The summed E-state index contributed by atoms with van der Waals surface area (Å²) in [4.78, 5) is 43.5. The van der Waals surface area contributed by atoms with Crippen LogP contribution < -0.4 is 65.3 Å². The van der Waals surface area contributed by atoms with Gasteiger partial charge in [0.05, 0.1) is 6.26 Å². The Labute approximate surface area is 170 Å². The van der Waals surface area contributed by atoms with Gasteiger partial charge in [-0.2, -0.15) is 0 Å². The molecule has 0 fully saturated rings. The van der Waals surface area contributed by atoms with E-state index in [9.17, 15) is 19.2 Å². The van der Waals surface area contributed by atoms with E-state index in [0.717, 1.165) is 6.26 Å². The molecule has 114 valence electrons. The van der Waals surface area contributed by atoms with Gasteiger partial charge in [-0.3, -0.25) is 4.48 Å². The van der Waals surface area contributed by atoms with Crippen molar-refractivity contribution >= 4 is 23.9 Å². The first-order valence-corrected chi connectivity index (χ1v) is 5.01. The van der Waals surface area contributed by atoms with Crippen LogP contribution in [0.4, 0.5) is 0 Å². The Morgan fingerprint density at radius 3 is 1.41 bits per heavy atom. The summed E-state index contributed by atoms with van der Waals surface area (Å²) in [5, 5.41) is 26.2. The molecule has 0 aromatic carbocycles. The van der Waals surface area contributed by atoms with E-state index in [1.807, 2.05) is 0 Å². The first-order valence-electron chi connectivity index (χ1n) is 5.01. The molecule has 0 aromatic heterocycles. The largest absolute Gasteiger partial charge is 1.00 e. The van der Waals surface area contributed by atoms with E-state index < -0.39 is 54.5 Å². The molecule has 10 nitrogen and oxygen atoms in total. The zero-order chi connectivity index (χ0) is 15.1. The molecule has 0 saturated heterocycles. The third-order valence-electron chi connectivity index (χ3n) is 2.09. The molecule has 0 aliphatic rings. The summed E-state index contributed by atoms with van der Waals surface area (Å²) in [5.74, 6) is -5.23. The molecule has 0 radical (unpaired) electrons. The number of rotatable bonds is 9. The number of carboxylic acid groups (broad SMARTS) is 3. The van der Waals surface area contributed by atoms with Crippen LogP contribution in [0.5, 0.6) is 0 Å². The summed E-state index contributed by atoms with van der Waals surface area (Å²) in [6.45, 7) is -0.0686. The van der Waals surface area contributed by atoms with E-state index >= 15 is 0 Å². The number of aliphatic carboxylic acids is 3. The molecule has 0 amide bonds. The van der Waals surface area contributed by atoms with Crippen LogP contribution in [0.15, 0.2) is 12.8 Å². The first-order chi connectivity index (χ1) is 8.70. The third-order valence-corrected chi connectivity index (χ3v) is 2.09. The Morgan fingerprint density at radius 2 is 1.18 bits per heavy atom. The van der Waals surface area contributed by atoms with Gasteiger partial charge in [0, 0.05) is 0 Å². The minimum atomic E-state index is -1.42. The van der Waals surface area contributed by atoms with Crippen LogP contribution in [0.25, 0.3) is 0 Å². The Bertz CT molecular complexity index is 375. The molecule has 0 heterocycles. The number of quaternary nitrogens is 1. The van der Waals surface area contributed by atoms with E-state index in [2.05, 4.69) is 11.3 Å². The molecule has 0 aromatic rings. The first kappa shape index (κ1) is 29.5. The molecule has 0 spiro atoms. The van der Waals surface area contributed by atoms with E-state index in [-0.39, 0.29) is 65.3 Å².